The van der Waals surface area contributed by atoms with Gasteiger partial charge in [-0.15, -0.1) is 23.7 Å². The Morgan fingerprint density at radius 3 is 2.74 bits per heavy atom. The third-order valence-electron chi connectivity index (χ3n) is 4.60. The fourth-order valence-electron chi connectivity index (χ4n) is 3.08. The molecule has 0 spiro atoms. The molecule has 3 rings (SSSR count). The summed E-state index contributed by atoms with van der Waals surface area (Å²) in [5.74, 6) is -0.386. The molecule has 2 amide bonds. The van der Waals surface area contributed by atoms with Crippen LogP contribution < -0.4 is 16.0 Å². The second-order valence-electron chi connectivity index (χ2n) is 6.62. The first-order valence-corrected chi connectivity index (χ1v) is 9.72. The highest BCUT2D eigenvalue weighted by molar-refractivity contribution is 7.20. The van der Waals surface area contributed by atoms with Gasteiger partial charge in [-0.1, -0.05) is 0 Å². The number of carbonyl (C=O) groups is 2. The van der Waals surface area contributed by atoms with E-state index < -0.39 is 6.04 Å². The summed E-state index contributed by atoms with van der Waals surface area (Å²) in [5.41, 5.74) is 0.900. The van der Waals surface area contributed by atoms with Gasteiger partial charge >= 0.3 is 0 Å². The van der Waals surface area contributed by atoms with Gasteiger partial charge in [0.25, 0.3) is 5.91 Å². The van der Waals surface area contributed by atoms with Crippen LogP contribution in [0.25, 0.3) is 10.2 Å². The average Bonchev–Trinajstić information content (AvgIpc) is 3.17. The van der Waals surface area contributed by atoms with E-state index in [0.717, 1.165) is 48.6 Å². The van der Waals surface area contributed by atoms with Gasteiger partial charge in [0.05, 0.1) is 10.6 Å². The van der Waals surface area contributed by atoms with Gasteiger partial charge < -0.3 is 16.0 Å². The predicted octanol–water partition coefficient (Wildman–Crippen LogP) is 0.505. The zero-order chi connectivity index (χ0) is 18.7. The number of nitrogens with zero attached hydrogens (tertiary/aromatic N) is 3. The van der Waals surface area contributed by atoms with Crippen molar-refractivity contribution < 1.29 is 9.59 Å². The van der Waals surface area contributed by atoms with Crippen molar-refractivity contribution in [3.05, 3.63) is 16.6 Å². The van der Waals surface area contributed by atoms with Gasteiger partial charge in [-0.2, -0.15) is 5.10 Å². The van der Waals surface area contributed by atoms with Gasteiger partial charge in [0.15, 0.2) is 0 Å². The number of rotatable bonds is 6. The van der Waals surface area contributed by atoms with Gasteiger partial charge in [-0.25, -0.2) is 0 Å². The Balaban J connectivity index is 0.00000261. The van der Waals surface area contributed by atoms with Gasteiger partial charge in [0, 0.05) is 51.7 Å². The Kier molecular flexibility index (Phi) is 7.60. The molecule has 1 aliphatic heterocycles. The number of aryl methyl sites for hydroxylation is 2. The van der Waals surface area contributed by atoms with Crippen LogP contribution in [0.4, 0.5) is 0 Å². The topological polar surface area (TPSA) is 91.3 Å². The van der Waals surface area contributed by atoms with E-state index in [-0.39, 0.29) is 24.2 Å². The molecule has 3 N–H and O–H groups in total. The first-order chi connectivity index (χ1) is 12.5. The minimum absolute atomic E-state index is 0. The molecule has 2 aromatic rings. The van der Waals surface area contributed by atoms with Crippen LogP contribution in [-0.2, 0) is 11.8 Å². The van der Waals surface area contributed by atoms with E-state index in [0.29, 0.717) is 11.4 Å². The van der Waals surface area contributed by atoms with Crippen LogP contribution in [0.5, 0.6) is 0 Å². The SMILES string of the molecule is Cc1nn(C)c2sc(C(=O)NC(C)C(=O)NCCN3CCNCC3)cc12.Cl. The van der Waals surface area contributed by atoms with Crippen molar-refractivity contribution in [3.63, 3.8) is 0 Å². The molecule has 1 fully saturated rings. The fraction of sp³-hybridized carbons (Fsp3) is 0.588. The predicted molar refractivity (Wildman–Crippen MR) is 110 cm³/mol. The normalized spacial score (nSPS) is 16.0. The molecule has 8 nitrogen and oxygen atoms in total. The molecule has 3 heterocycles. The maximum absolute atomic E-state index is 12.4. The van der Waals surface area contributed by atoms with Crippen LogP contribution in [-0.4, -0.2) is 71.8 Å². The van der Waals surface area contributed by atoms with Gasteiger partial charge in [-0.05, 0) is 19.9 Å². The Morgan fingerprint density at radius 1 is 1.37 bits per heavy atom. The van der Waals surface area contributed by atoms with Gasteiger partial charge in [0.1, 0.15) is 10.9 Å². The molecule has 27 heavy (non-hydrogen) atoms. The summed E-state index contributed by atoms with van der Waals surface area (Å²) in [4.78, 5) is 28.5. The highest BCUT2D eigenvalue weighted by Gasteiger charge is 2.20. The lowest BCUT2D eigenvalue weighted by Gasteiger charge is -2.27. The smallest absolute Gasteiger partial charge is 0.262 e. The molecule has 2 aromatic heterocycles. The number of fused-ring (bicyclic) bond motifs is 1. The average molecular weight is 415 g/mol. The zero-order valence-corrected chi connectivity index (χ0v) is 17.5. The number of amides is 2. The van der Waals surface area contributed by atoms with Crippen molar-refractivity contribution in [2.24, 2.45) is 7.05 Å². The van der Waals surface area contributed by atoms with Crippen LogP contribution in [0.1, 0.15) is 22.3 Å². The molecule has 0 aromatic carbocycles. The van der Waals surface area contributed by atoms with E-state index in [1.54, 1.807) is 11.6 Å². The van der Waals surface area contributed by atoms with Crippen molar-refractivity contribution in [1.82, 2.24) is 30.6 Å². The molecule has 0 radical (unpaired) electrons. The summed E-state index contributed by atoms with van der Waals surface area (Å²) in [6, 6.07) is 1.27. The van der Waals surface area contributed by atoms with Crippen LogP contribution in [0.3, 0.4) is 0 Å². The van der Waals surface area contributed by atoms with Crippen molar-refractivity contribution in [2.45, 2.75) is 19.9 Å². The van der Waals surface area contributed by atoms with Crippen molar-refractivity contribution in [1.29, 1.82) is 0 Å². The third-order valence-corrected chi connectivity index (χ3v) is 5.80. The molecule has 0 bridgehead atoms. The molecular weight excluding hydrogens is 388 g/mol. The van der Waals surface area contributed by atoms with Gasteiger partial charge in [0.2, 0.25) is 5.91 Å². The van der Waals surface area contributed by atoms with Crippen LogP contribution >= 0.6 is 23.7 Å². The number of hydrogen-bond donors (Lipinski definition) is 3. The lowest BCUT2D eigenvalue weighted by molar-refractivity contribution is -0.122. The second-order valence-corrected chi connectivity index (χ2v) is 7.65. The number of piperazine rings is 1. The molecule has 0 saturated carbocycles. The summed E-state index contributed by atoms with van der Waals surface area (Å²) >= 11 is 1.39. The summed E-state index contributed by atoms with van der Waals surface area (Å²) in [7, 11) is 1.86. The monoisotopic (exact) mass is 414 g/mol. The Morgan fingerprint density at radius 2 is 2.07 bits per heavy atom. The molecule has 10 heteroatoms. The zero-order valence-electron chi connectivity index (χ0n) is 15.9. The minimum atomic E-state index is -0.574. The lowest BCUT2D eigenvalue weighted by Crippen LogP contribution is -2.49. The van der Waals surface area contributed by atoms with Crippen LogP contribution in [0.15, 0.2) is 6.07 Å². The quantitative estimate of drug-likeness (QED) is 0.640. The first-order valence-electron chi connectivity index (χ1n) is 8.90. The molecular formula is C17H27ClN6O2S. The van der Waals surface area contributed by atoms with E-state index in [4.69, 9.17) is 0 Å². The molecule has 150 valence electrons. The van der Waals surface area contributed by atoms with Crippen molar-refractivity contribution in [2.75, 3.05) is 39.3 Å². The number of halogens is 1. The first kappa shape index (κ1) is 21.6. The Hall–Kier alpha value is -1.68. The number of thiophene rings is 1. The molecule has 1 atom stereocenters. The van der Waals surface area contributed by atoms with Crippen molar-refractivity contribution >= 4 is 45.8 Å². The maximum atomic E-state index is 12.4. The fourth-order valence-corrected chi connectivity index (χ4v) is 4.10. The van der Waals surface area contributed by atoms with E-state index in [2.05, 4.69) is 25.9 Å². The van der Waals surface area contributed by atoms with E-state index in [9.17, 15) is 9.59 Å². The lowest BCUT2D eigenvalue weighted by atomic mass is 10.2. The van der Waals surface area contributed by atoms with E-state index >= 15 is 0 Å². The number of carbonyl (C=O) groups excluding carboxylic acids is 2. The second kappa shape index (κ2) is 9.50. The largest absolute Gasteiger partial charge is 0.353 e. The van der Waals surface area contributed by atoms with E-state index in [1.165, 1.54) is 11.3 Å². The highest BCUT2D eigenvalue weighted by atomic mass is 35.5. The summed E-state index contributed by atoms with van der Waals surface area (Å²) in [5, 5.41) is 14.3. The molecule has 1 unspecified atom stereocenters. The Labute approximate surface area is 169 Å². The van der Waals surface area contributed by atoms with Crippen LogP contribution in [0.2, 0.25) is 0 Å². The van der Waals surface area contributed by atoms with Crippen molar-refractivity contribution in [3.8, 4) is 0 Å². The van der Waals surface area contributed by atoms with Gasteiger partial charge in [-0.3, -0.25) is 19.2 Å². The molecule has 1 saturated heterocycles. The molecule has 0 aliphatic carbocycles. The summed E-state index contributed by atoms with van der Waals surface area (Å²) in [6.07, 6.45) is 0. The van der Waals surface area contributed by atoms with E-state index in [1.807, 2.05) is 20.0 Å². The summed E-state index contributed by atoms with van der Waals surface area (Å²) < 4.78 is 1.78. The maximum Gasteiger partial charge on any atom is 0.262 e. The third kappa shape index (κ3) is 5.19. The van der Waals surface area contributed by atoms with Crippen LogP contribution in [0, 0.1) is 6.92 Å². The highest BCUT2D eigenvalue weighted by Crippen LogP contribution is 2.27. The number of hydrogen-bond acceptors (Lipinski definition) is 6. The summed E-state index contributed by atoms with van der Waals surface area (Å²) in [6.45, 7) is 9.03. The minimum Gasteiger partial charge on any atom is -0.353 e. The Bertz CT molecular complexity index is 764. The standard InChI is InChI=1S/C17H26N6O2S.ClH/c1-11-13-10-14(26-17(13)22(3)21-11)16(25)20-12(2)15(24)19-6-9-23-7-4-18-5-8-23;/h10,12,18H,4-9H2,1-3H3,(H,19,24)(H,20,25);1H. The number of nitrogens with one attached hydrogen (secondary N) is 3. The molecule has 1 aliphatic rings. The number of aromatic nitrogens is 2.